The summed E-state index contributed by atoms with van der Waals surface area (Å²) in [6.07, 6.45) is 0.648. The van der Waals surface area contributed by atoms with Gasteiger partial charge in [0.1, 0.15) is 0 Å². The van der Waals surface area contributed by atoms with Crippen LogP contribution in [0.2, 0.25) is 5.02 Å². The number of benzene rings is 2. The van der Waals surface area contributed by atoms with Crippen molar-refractivity contribution in [2.45, 2.75) is 24.7 Å². The van der Waals surface area contributed by atoms with Crippen molar-refractivity contribution in [3.63, 3.8) is 0 Å². The molecule has 0 unspecified atom stereocenters. The van der Waals surface area contributed by atoms with Gasteiger partial charge in [-0.25, -0.2) is 8.42 Å². The topological polar surface area (TPSA) is 114 Å². The Balaban J connectivity index is 1.53. The van der Waals surface area contributed by atoms with E-state index in [4.69, 9.17) is 21.1 Å². The van der Waals surface area contributed by atoms with Crippen LogP contribution in [0.3, 0.4) is 0 Å². The largest absolute Gasteiger partial charge is 0.489 e. The second-order valence-corrected chi connectivity index (χ2v) is 9.75. The SMILES string of the molecule is Cc1ccc(S(=O)(=O)N(C)CC(=O)NNC(=O)Cc2cc(Cl)c3c(c2)OCCCO3)cc1. The molecule has 2 amide bonds. The summed E-state index contributed by atoms with van der Waals surface area (Å²) in [5.74, 6) is -0.287. The normalized spacial score (nSPS) is 13.4. The molecule has 1 aliphatic heterocycles. The average molecular weight is 482 g/mol. The number of fused-ring (bicyclic) bond motifs is 1. The van der Waals surface area contributed by atoms with Crippen LogP contribution in [-0.2, 0) is 26.0 Å². The molecule has 11 heteroatoms. The fourth-order valence-electron chi connectivity index (χ4n) is 2.97. The summed E-state index contributed by atoms with van der Waals surface area (Å²) in [6.45, 7) is 2.35. The van der Waals surface area contributed by atoms with Gasteiger partial charge in [0.2, 0.25) is 15.9 Å². The summed E-state index contributed by atoms with van der Waals surface area (Å²) in [7, 11) is -2.55. The van der Waals surface area contributed by atoms with Gasteiger partial charge in [-0.2, -0.15) is 4.31 Å². The Bertz CT molecular complexity index is 1110. The van der Waals surface area contributed by atoms with Gasteiger partial charge in [0, 0.05) is 13.5 Å². The summed E-state index contributed by atoms with van der Waals surface area (Å²) in [5.41, 5.74) is 5.98. The van der Waals surface area contributed by atoms with Crippen LogP contribution in [0.25, 0.3) is 0 Å². The van der Waals surface area contributed by atoms with Crippen molar-refractivity contribution in [2.24, 2.45) is 0 Å². The zero-order valence-corrected chi connectivity index (χ0v) is 19.3. The van der Waals surface area contributed by atoms with E-state index in [1.54, 1.807) is 24.3 Å². The lowest BCUT2D eigenvalue weighted by molar-refractivity contribution is -0.128. The van der Waals surface area contributed by atoms with Crippen LogP contribution >= 0.6 is 11.6 Å². The first-order valence-electron chi connectivity index (χ1n) is 9.85. The fourth-order valence-corrected chi connectivity index (χ4v) is 4.39. The molecule has 0 spiro atoms. The third-order valence-corrected chi connectivity index (χ3v) is 6.76. The Kier molecular flexibility index (Phi) is 7.60. The van der Waals surface area contributed by atoms with Gasteiger partial charge in [0.15, 0.2) is 11.5 Å². The smallest absolute Gasteiger partial charge is 0.253 e. The number of likely N-dealkylation sites (N-methyl/N-ethyl adjacent to an activating group) is 1. The number of hydrogen-bond donors (Lipinski definition) is 2. The summed E-state index contributed by atoms with van der Waals surface area (Å²) in [5, 5.41) is 0.333. The maximum atomic E-state index is 12.6. The van der Waals surface area contributed by atoms with Gasteiger partial charge in [-0.15, -0.1) is 0 Å². The second kappa shape index (κ2) is 10.2. The first-order valence-corrected chi connectivity index (χ1v) is 11.7. The van der Waals surface area contributed by atoms with Crippen molar-refractivity contribution < 1.29 is 27.5 Å². The molecule has 2 aromatic rings. The third kappa shape index (κ3) is 5.90. The zero-order chi connectivity index (χ0) is 23.3. The van der Waals surface area contributed by atoms with Crippen LogP contribution in [0.4, 0.5) is 0 Å². The number of sulfonamides is 1. The number of nitrogens with zero attached hydrogens (tertiary/aromatic N) is 1. The maximum Gasteiger partial charge on any atom is 0.253 e. The molecule has 2 N–H and O–H groups in total. The van der Waals surface area contributed by atoms with Gasteiger partial charge in [-0.05, 0) is 36.8 Å². The minimum absolute atomic E-state index is 0.0753. The lowest BCUT2D eigenvalue weighted by Crippen LogP contribution is -2.47. The quantitative estimate of drug-likeness (QED) is 0.608. The van der Waals surface area contributed by atoms with Gasteiger partial charge >= 0.3 is 0 Å². The van der Waals surface area contributed by atoms with E-state index >= 15 is 0 Å². The number of rotatable bonds is 6. The zero-order valence-electron chi connectivity index (χ0n) is 17.7. The number of amides is 2. The van der Waals surface area contributed by atoms with Crippen LogP contribution in [0.5, 0.6) is 11.5 Å². The van der Waals surface area contributed by atoms with Gasteiger partial charge in [-0.1, -0.05) is 29.3 Å². The van der Waals surface area contributed by atoms with Crippen LogP contribution in [-0.4, -0.2) is 51.3 Å². The molecule has 0 saturated carbocycles. The summed E-state index contributed by atoms with van der Waals surface area (Å²) in [6, 6.07) is 9.55. The van der Waals surface area contributed by atoms with E-state index in [0.717, 1.165) is 16.3 Å². The molecule has 0 fully saturated rings. The van der Waals surface area contributed by atoms with Gasteiger partial charge in [0.25, 0.3) is 5.91 Å². The van der Waals surface area contributed by atoms with Crippen molar-refractivity contribution in [1.82, 2.24) is 15.2 Å². The first-order chi connectivity index (χ1) is 15.2. The van der Waals surface area contributed by atoms with Gasteiger partial charge in [-0.3, -0.25) is 20.4 Å². The molecule has 1 heterocycles. The molecule has 0 saturated heterocycles. The molecule has 0 aromatic heterocycles. The molecule has 0 radical (unpaired) electrons. The number of hydrazine groups is 1. The summed E-state index contributed by atoms with van der Waals surface area (Å²) < 4.78 is 37.2. The van der Waals surface area contributed by atoms with Crippen molar-refractivity contribution in [2.75, 3.05) is 26.8 Å². The lowest BCUT2D eigenvalue weighted by Gasteiger charge is -2.17. The van der Waals surface area contributed by atoms with E-state index in [9.17, 15) is 18.0 Å². The van der Waals surface area contributed by atoms with Crippen LogP contribution < -0.4 is 20.3 Å². The van der Waals surface area contributed by atoms with Crippen LogP contribution in [0.15, 0.2) is 41.3 Å². The highest BCUT2D eigenvalue weighted by molar-refractivity contribution is 7.89. The van der Waals surface area contributed by atoms with Crippen molar-refractivity contribution in [1.29, 1.82) is 0 Å². The summed E-state index contributed by atoms with van der Waals surface area (Å²) in [4.78, 5) is 24.4. The fraction of sp³-hybridized carbons (Fsp3) is 0.333. The van der Waals surface area contributed by atoms with Crippen molar-refractivity contribution in [3.8, 4) is 11.5 Å². The Morgan fingerprint density at radius 2 is 1.72 bits per heavy atom. The predicted octanol–water partition coefficient (Wildman–Crippen LogP) is 1.82. The Morgan fingerprint density at radius 1 is 1.06 bits per heavy atom. The highest BCUT2D eigenvalue weighted by Crippen LogP contribution is 2.38. The maximum absolute atomic E-state index is 12.6. The van der Waals surface area contributed by atoms with Crippen molar-refractivity contribution in [3.05, 3.63) is 52.5 Å². The molecule has 2 aromatic carbocycles. The first kappa shape index (κ1) is 23.8. The lowest BCUT2D eigenvalue weighted by atomic mass is 10.1. The highest BCUT2D eigenvalue weighted by Gasteiger charge is 2.23. The molecule has 0 bridgehead atoms. The number of nitrogens with one attached hydrogen (secondary N) is 2. The van der Waals surface area contributed by atoms with E-state index in [0.29, 0.717) is 35.3 Å². The van der Waals surface area contributed by atoms with E-state index in [1.807, 2.05) is 6.92 Å². The van der Waals surface area contributed by atoms with E-state index in [-0.39, 0.29) is 11.3 Å². The molecule has 32 heavy (non-hydrogen) atoms. The molecular weight excluding hydrogens is 458 g/mol. The molecule has 1 aliphatic rings. The number of aryl methyl sites for hydroxylation is 1. The van der Waals surface area contributed by atoms with E-state index in [2.05, 4.69) is 10.9 Å². The minimum atomic E-state index is -3.84. The Labute approximate surface area is 191 Å². The number of carbonyl (C=O) groups excluding carboxylic acids is 2. The number of hydrogen-bond acceptors (Lipinski definition) is 6. The predicted molar refractivity (Wildman–Crippen MR) is 118 cm³/mol. The molecule has 172 valence electrons. The summed E-state index contributed by atoms with van der Waals surface area (Å²) >= 11 is 6.22. The molecular formula is C21H24ClN3O6S. The number of carbonyl (C=O) groups is 2. The average Bonchev–Trinajstić information content (AvgIpc) is 2.98. The Hall–Kier alpha value is -2.82. The number of halogens is 1. The highest BCUT2D eigenvalue weighted by atomic mass is 35.5. The van der Waals surface area contributed by atoms with Crippen LogP contribution in [0, 0.1) is 6.92 Å². The van der Waals surface area contributed by atoms with E-state index < -0.39 is 28.4 Å². The van der Waals surface area contributed by atoms with Gasteiger partial charge < -0.3 is 9.47 Å². The monoisotopic (exact) mass is 481 g/mol. The second-order valence-electron chi connectivity index (χ2n) is 7.30. The number of ether oxygens (including phenoxy) is 2. The van der Waals surface area contributed by atoms with Crippen molar-refractivity contribution >= 4 is 33.4 Å². The molecule has 0 aliphatic carbocycles. The molecule has 9 nitrogen and oxygen atoms in total. The molecule has 3 rings (SSSR count). The molecule has 0 atom stereocenters. The standard InChI is InChI=1S/C21H24ClN3O6S/c1-14-4-6-16(7-5-14)32(28,29)25(2)13-20(27)24-23-19(26)12-15-10-17(22)21-18(11-15)30-8-3-9-31-21/h4-7,10-11H,3,8-9,12-13H2,1-2H3,(H,23,26)(H,24,27). The minimum Gasteiger partial charge on any atom is -0.489 e. The van der Waals surface area contributed by atoms with Gasteiger partial charge in [0.05, 0.1) is 36.1 Å². The van der Waals surface area contributed by atoms with Crippen LogP contribution in [0.1, 0.15) is 17.5 Å². The third-order valence-electron chi connectivity index (χ3n) is 4.66. The Morgan fingerprint density at radius 3 is 2.44 bits per heavy atom. The van der Waals surface area contributed by atoms with E-state index in [1.165, 1.54) is 19.2 Å².